The fourth-order valence-electron chi connectivity index (χ4n) is 1.78. The molecule has 11 heavy (non-hydrogen) atoms. The summed E-state index contributed by atoms with van der Waals surface area (Å²) >= 11 is 0. The Labute approximate surface area is 67.2 Å². The molecule has 0 N–H and O–H groups in total. The average molecular weight is 154 g/mol. The van der Waals surface area contributed by atoms with Gasteiger partial charge in [0.1, 0.15) is 0 Å². The second kappa shape index (κ2) is 2.95. The van der Waals surface area contributed by atoms with E-state index in [1.54, 1.807) is 0 Å². The molecule has 0 saturated heterocycles. The largest absolute Gasteiger partial charge is 0.346 e. The molecule has 1 heterocycles. The van der Waals surface area contributed by atoms with Crippen LogP contribution >= 0.6 is 0 Å². The Bertz CT molecular complexity index is 145. The summed E-state index contributed by atoms with van der Waals surface area (Å²) in [6, 6.07) is 0. The topological polar surface area (TPSA) is 18.5 Å². The smallest absolute Gasteiger partial charge is 0.169 e. The monoisotopic (exact) mass is 154 g/mol. The van der Waals surface area contributed by atoms with E-state index < -0.39 is 0 Å². The van der Waals surface area contributed by atoms with Crippen molar-refractivity contribution in [2.45, 2.75) is 31.5 Å². The second-order valence-corrected chi connectivity index (χ2v) is 3.21. The Morgan fingerprint density at radius 2 is 1.45 bits per heavy atom. The van der Waals surface area contributed by atoms with Crippen LogP contribution in [0.25, 0.3) is 0 Å². The van der Waals surface area contributed by atoms with Gasteiger partial charge in [0.25, 0.3) is 0 Å². The molecule has 1 aliphatic carbocycles. The van der Waals surface area contributed by atoms with Crippen molar-refractivity contribution in [3.05, 3.63) is 12.2 Å². The van der Waals surface area contributed by atoms with Gasteiger partial charge in [0, 0.05) is 12.8 Å². The molecule has 0 aromatic heterocycles. The highest BCUT2D eigenvalue weighted by Crippen LogP contribution is 2.34. The summed E-state index contributed by atoms with van der Waals surface area (Å²) in [6.45, 7) is 1.44. The Morgan fingerprint density at radius 3 is 2.00 bits per heavy atom. The van der Waals surface area contributed by atoms with Crippen molar-refractivity contribution < 1.29 is 9.47 Å². The fourth-order valence-corrected chi connectivity index (χ4v) is 1.78. The molecule has 62 valence electrons. The third-order valence-corrected chi connectivity index (χ3v) is 2.42. The molecular formula is C9H14O2. The third kappa shape index (κ3) is 1.47. The van der Waals surface area contributed by atoms with Crippen LogP contribution in [0.15, 0.2) is 12.2 Å². The van der Waals surface area contributed by atoms with Gasteiger partial charge in [-0.15, -0.1) is 0 Å². The van der Waals surface area contributed by atoms with Crippen LogP contribution in [0.5, 0.6) is 0 Å². The zero-order valence-corrected chi connectivity index (χ0v) is 6.71. The van der Waals surface area contributed by atoms with E-state index in [4.69, 9.17) is 9.47 Å². The van der Waals surface area contributed by atoms with E-state index in [1.807, 2.05) is 12.2 Å². The predicted octanol–water partition coefficient (Wildman–Crippen LogP) is 1.86. The van der Waals surface area contributed by atoms with Gasteiger partial charge in [-0.25, -0.2) is 0 Å². The maximum Gasteiger partial charge on any atom is 0.169 e. The molecule has 2 rings (SSSR count). The molecule has 1 aliphatic heterocycles. The van der Waals surface area contributed by atoms with Gasteiger partial charge in [0.05, 0.1) is 13.2 Å². The highest BCUT2D eigenvalue weighted by molar-refractivity contribution is 4.88. The Morgan fingerprint density at radius 1 is 0.909 bits per heavy atom. The summed E-state index contributed by atoms with van der Waals surface area (Å²) in [5.41, 5.74) is 0. The van der Waals surface area contributed by atoms with Crippen molar-refractivity contribution in [3.63, 3.8) is 0 Å². The van der Waals surface area contributed by atoms with Crippen molar-refractivity contribution in [2.75, 3.05) is 13.2 Å². The highest BCUT2D eigenvalue weighted by Gasteiger charge is 2.35. The van der Waals surface area contributed by atoms with Gasteiger partial charge in [-0.1, -0.05) is 12.2 Å². The maximum absolute atomic E-state index is 5.64. The normalized spacial score (nSPS) is 29.1. The van der Waals surface area contributed by atoms with Crippen LogP contribution in [0.1, 0.15) is 25.7 Å². The van der Waals surface area contributed by atoms with Crippen molar-refractivity contribution in [1.82, 2.24) is 0 Å². The van der Waals surface area contributed by atoms with Gasteiger partial charge in [-0.2, -0.15) is 0 Å². The van der Waals surface area contributed by atoms with Gasteiger partial charge in [0.2, 0.25) is 0 Å². The summed E-state index contributed by atoms with van der Waals surface area (Å²) in [6.07, 6.45) is 8.73. The predicted molar refractivity (Wildman–Crippen MR) is 42.2 cm³/mol. The summed E-state index contributed by atoms with van der Waals surface area (Å²) in [5, 5.41) is 0. The Hall–Kier alpha value is -0.340. The maximum atomic E-state index is 5.64. The highest BCUT2D eigenvalue weighted by atomic mass is 16.7. The minimum atomic E-state index is -0.205. The van der Waals surface area contributed by atoms with Crippen molar-refractivity contribution in [3.8, 4) is 0 Å². The SMILES string of the molecule is C1=CCOC2(CCCC2)OC1. The van der Waals surface area contributed by atoms with Crippen LogP contribution in [0.2, 0.25) is 0 Å². The molecule has 0 atom stereocenters. The quantitative estimate of drug-likeness (QED) is 0.496. The van der Waals surface area contributed by atoms with Crippen molar-refractivity contribution >= 4 is 0 Å². The first kappa shape index (κ1) is 7.32. The number of hydrogen-bond acceptors (Lipinski definition) is 2. The molecule has 1 saturated carbocycles. The van der Waals surface area contributed by atoms with Crippen LogP contribution in [-0.4, -0.2) is 19.0 Å². The zero-order chi connectivity index (χ0) is 7.57. The summed E-state index contributed by atoms with van der Waals surface area (Å²) in [7, 11) is 0. The standard InChI is InChI=1S/C9H14O2/c1-2-6-9(5-1)10-7-3-4-8-11-9/h3-4H,1-2,5-8H2. The minimum absolute atomic E-state index is 0.205. The molecule has 1 fully saturated rings. The van der Waals surface area contributed by atoms with Crippen LogP contribution in [0, 0.1) is 0 Å². The molecule has 0 bridgehead atoms. The van der Waals surface area contributed by atoms with Crippen LogP contribution in [0.4, 0.5) is 0 Å². The summed E-state index contributed by atoms with van der Waals surface area (Å²) < 4.78 is 11.3. The van der Waals surface area contributed by atoms with E-state index in [-0.39, 0.29) is 5.79 Å². The molecular weight excluding hydrogens is 140 g/mol. The average Bonchev–Trinajstić information content (AvgIpc) is 2.32. The van der Waals surface area contributed by atoms with Crippen LogP contribution in [-0.2, 0) is 9.47 Å². The molecule has 1 spiro atoms. The van der Waals surface area contributed by atoms with E-state index >= 15 is 0 Å². The molecule has 2 heteroatoms. The number of hydrogen-bond donors (Lipinski definition) is 0. The minimum Gasteiger partial charge on any atom is -0.346 e. The zero-order valence-electron chi connectivity index (χ0n) is 6.71. The van der Waals surface area contributed by atoms with Crippen molar-refractivity contribution in [1.29, 1.82) is 0 Å². The summed E-state index contributed by atoms with van der Waals surface area (Å²) in [5.74, 6) is -0.205. The van der Waals surface area contributed by atoms with Crippen LogP contribution in [0.3, 0.4) is 0 Å². The van der Waals surface area contributed by atoms with Gasteiger partial charge in [0.15, 0.2) is 5.79 Å². The van der Waals surface area contributed by atoms with E-state index in [0.29, 0.717) is 0 Å². The number of rotatable bonds is 0. The summed E-state index contributed by atoms with van der Waals surface area (Å²) in [4.78, 5) is 0. The first-order valence-electron chi connectivity index (χ1n) is 4.34. The fraction of sp³-hybridized carbons (Fsp3) is 0.778. The molecule has 0 aromatic rings. The van der Waals surface area contributed by atoms with Crippen molar-refractivity contribution in [2.24, 2.45) is 0 Å². The first-order chi connectivity index (χ1) is 5.41. The molecule has 0 aromatic carbocycles. The first-order valence-corrected chi connectivity index (χ1v) is 4.34. The third-order valence-electron chi connectivity index (χ3n) is 2.42. The van der Waals surface area contributed by atoms with E-state index in [9.17, 15) is 0 Å². The van der Waals surface area contributed by atoms with Crippen LogP contribution < -0.4 is 0 Å². The molecule has 0 amide bonds. The van der Waals surface area contributed by atoms with Gasteiger partial charge in [-0.3, -0.25) is 0 Å². The van der Waals surface area contributed by atoms with E-state index in [1.165, 1.54) is 12.8 Å². The van der Waals surface area contributed by atoms with Gasteiger partial charge < -0.3 is 9.47 Å². The van der Waals surface area contributed by atoms with Gasteiger partial charge >= 0.3 is 0 Å². The second-order valence-electron chi connectivity index (χ2n) is 3.21. The van der Waals surface area contributed by atoms with E-state index in [0.717, 1.165) is 26.1 Å². The lowest BCUT2D eigenvalue weighted by atomic mass is 10.2. The molecule has 0 radical (unpaired) electrons. The lowest BCUT2D eigenvalue weighted by Gasteiger charge is -2.26. The lowest BCUT2D eigenvalue weighted by molar-refractivity contribution is -0.216. The molecule has 0 unspecified atom stereocenters. The number of ether oxygens (including phenoxy) is 2. The molecule has 2 nitrogen and oxygen atoms in total. The van der Waals surface area contributed by atoms with E-state index in [2.05, 4.69) is 0 Å². The Balaban J connectivity index is 2.01. The lowest BCUT2D eigenvalue weighted by Crippen LogP contribution is -2.31. The Kier molecular flexibility index (Phi) is 1.96. The van der Waals surface area contributed by atoms with Gasteiger partial charge in [-0.05, 0) is 12.8 Å². The molecule has 2 aliphatic rings.